The highest BCUT2D eigenvalue weighted by Crippen LogP contribution is 2.23. The number of nitrogens with zero attached hydrogens (tertiary/aromatic N) is 3. The molecule has 1 atom stereocenters. The number of anilines is 1. The molecule has 114 valence electrons. The Hall–Kier alpha value is -1.58. The van der Waals surface area contributed by atoms with Crippen molar-refractivity contribution in [1.29, 1.82) is 5.26 Å². The van der Waals surface area contributed by atoms with Gasteiger partial charge in [-0.15, -0.1) is 0 Å². The smallest absolute Gasteiger partial charge is 0.211 e. The number of hydrogen-bond acceptors (Lipinski definition) is 4. The van der Waals surface area contributed by atoms with Crippen LogP contribution >= 0.6 is 0 Å². The number of nitriles is 1. The van der Waals surface area contributed by atoms with E-state index in [4.69, 9.17) is 5.26 Å². The Morgan fingerprint density at radius 3 is 2.81 bits per heavy atom. The maximum absolute atomic E-state index is 11.7. The number of hydrogen-bond donors (Lipinski definition) is 0. The zero-order chi connectivity index (χ0) is 15.5. The molecule has 0 spiro atoms. The van der Waals surface area contributed by atoms with Gasteiger partial charge in [0.25, 0.3) is 0 Å². The Morgan fingerprint density at radius 1 is 1.43 bits per heavy atom. The van der Waals surface area contributed by atoms with Crippen LogP contribution in [0.4, 0.5) is 5.69 Å². The van der Waals surface area contributed by atoms with Gasteiger partial charge in [0, 0.05) is 26.7 Å². The van der Waals surface area contributed by atoms with Crippen molar-refractivity contribution >= 4 is 15.7 Å². The van der Waals surface area contributed by atoms with Crippen LogP contribution in [0.3, 0.4) is 0 Å². The van der Waals surface area contributed by atoms with Crippen LogP contribution in [0.1, 0.15) is 18.4 Å². The first-order chi connectivity index (χ1) is 9.91. The van der Waals surface area contributed by atoms with E-state index >= 15 is 0 Å². The molecular weight excluding hydrogens is 286 g/mol. The second kappa shape index (κ2) is 6.46. The SMILES string of the molecule is CN(CC1CCCN(S(C)(=O)=O)C1)c1ccccc1C#N. The molecule has 1 aromatic carbocycles. The Bertz CT molecular complexity index is 637. The highest BCUT2D eigenvalue weighted by atomic mass is 32.2. The molecule has 0 aliphatic carbocycles. The number of benzene rings is 1. The molecule has 0 radical (unpaired) electrons. The first-order valence-corrected chi connectivity index (χ1v) is 8.92. The standard InChI is InChI=1S/C15H21N3O2S/c1-17(15-8-4-3-7-14(15)10-16)11-13-6-5-9-18(12-13)21(2,19)20/h3-4,7-8,13H,5-6,9,11-12H2,1-2H3. The first kappa shape index (κ1) is 15.8. The fourth-order valence-corrected chi connectivity index (χ4v) is 3.81. The van der Waals surface area contributed by atoms with Gasteiger partial charge in [0.2, 0.25) is 10.0 Å². The van der Waals surface area contributed by atoms with Gasteiger partial charge in [0.1, 0.15) is 6.07 Å². The van der Waals surface area contributed by atoms with Gasteiger partial charge in [0.15, 0.2) is 0 Å². The van der Waals surface area contributed by atoms with Crippen LogP contribution in [0.15, 0.2) is 24.3 Å². The van der Waals surface area contributed by atoms with E-state index in [1.165, 1.54) is 6.26 Å². The summed E-state index contributed by atoms with van der Waals surface area (Å²) in [5.41, 5.74) is 1.55. The van der Waals surface area contributed by atoms with E-state index in [2.05, 4.69) is 11.0 Å². The van der Waals surface area contributed by atoms with Gasteiger partial charge < -0.3 is 4.90 Å². The summed E-state index contributed by atoms with van der Waals surface area (Å²) in [6.07, 6.45) is 3.18. The van der Waals surface area contributed by atoms with Crippen molar-refractivity contribution in [2.45, 2.75) is 12.8 Å². The van der Waals surface area contributed by atoms with Gasteiger partial charge in [-0.2, -0.15) is 5.26 Å². The average molecular weight is 307 g/mol. The topological polar surface area (TPSA) is 64.4 Å². The van der Waals surface area contributed by atoms with Crippen LogP contribution in [-0.2, 0) is 10.0 Å². The van der Waals surface area contributed by atoms with Crippen LogP contribution in [0.2, 0.25) is 0 Å². The summed E-state index contributed by atoms with van der Waals surface area (Å²) in [7, 11) is -1.16. The van der Waals surface area contributed by atoms with Crippen molar-refractivity contribution in [2.75, 3.05) is 37.8 Å². The number of piperidine rings is 1. The number of sulfonamides is 1. The second-order valence-electron chi connectivity index (χ2n) is 5.64. The van der Waals surface area contributed by atoms with Crippen LogP contribution in [0, 0.1) is 17.2 Å². The lowest BCUT2D eigenvalue weighted by Crippen LogP contribution is -2.42. The van der Waals surface area contributed by atoms with Crippen molar-refractivity contribution in [3.05, 3.63) is 29.8 Å². The number of rotatable bonds is 4. The van der Waals surface area contributed by atoms with E-state index in [1.54, 1.807) is 10.4 Å². The van der Waals surface area contributed by atoms with Crippen molar-refractivity contribution in [3.8, 4) is 6.07 Å². The fraction of sp³-hybridized carbons (Fsp3) is 0.533. The maximum Gasteiger partial charge on any atom is 0.211 e. The molecular formula is C15H21N3O2S. The van der Waals surface area contributed by atoms with Crippen LogP contribution in [0.25, 0.3) is 0 Å². The molecule has 0 N–H and O–H groups in total. The van der Waals surface area contributed by atoms with Crippen LogP contribution in [-0.4, -0.2) is 45.7 Å². The van der Waals surface area contributed by atoms with Gasteiger partial charge in [0.05, 0.1) is 17.5 Å². The molecule has 5 nitrogen and oxygen atoms in total. The van der Waals surface area contributed by atoms with E-state index in [0.29, 0.717) is 24.6 Å². The quantitative estimate of drug-likeness (QED) is 0.849. The lowest BCUT2D eigenvalue weighted by Gasteiger charge is -2.34. The molecule has 1 unspecified atom stereocenters. The third kappa shape index (κ3) is 3.96. The van der Waals surface area contributed by atoms with Gasteiger partial charge in [-0.3, -0.25) is 0 Å². The van der Waals surface area contributed by atoms with E-state index in [1.807, 2.05) is 25.2 Å². The van der Waals surface area contributed by atoms with E-state index in [9.17, 15) is 8.42 Å². The molecule has 0 saturated carbocycles. The largest absolute Gasteiger partial charge is 0.373 e. The summed E-state index contributed by atoms with van der Waals surface area (Å²) in [4.78, 5) is 2.05. The van der Waals surface area contributed by atoms with Crippen molar-refractivity contribution in [1.82, 2.24) is 4.31 Å². The van der Waals surface area contributed by atoms with E-state index in [-0.39, 0.29) is 0 Å². The molecule has 1 aromatic rings. The minimum atomic E-state index is -3.11. The Balaban J connectivity index is 2.06. The first-order valence-electron chi connectivity index (χ1n) is 7.07. The van der Waals surface area contributed by atoms with E-state index in [0.717, 1.165) is 25.1 Å². The van der Waals surface area contributed by atoms with Gasteiger partial charge in [-0.1, -0.05) is 12.1 Å². The lowest BCUT2D eigenvalue weighted by molar-refractivity contribution is 0.271. The van der Waals surface area contributed by atoms with Crippen LogP contribution in [0.5, 0.6) is 0 Å². The molecule has 1 fully saturated rings. The second-order valence-corrected chi connectivity index (χ2v) is 7.62. The molecule has 1 saturated heterocycles. The van der Waals surface area contributed by atoms with Gasteiger partial charge >= 0.3 is 0 Å². The summed E-state index contributed by atoms with van der Waals surface area (Å²) in [5, 5.41) is 9.16. The third-order valence-electron chi connectivity index (χ3n) is 3.92. The van der Waals surface area contributed by atoms with Gasteiger partial charge in [-0.25, -0.2) is 12.7 Å². The molecule has 6 heteroatoms. The molecule has 21 heavy (non-hydrogen) atoms. The third-order valence-corrected chi connectivity index (χ3v) is 5.19. The van der Waals surface area contributed by atoms with Crippen molar-refractivity contribution < 1.29 is 8.42 Å². The predicted octanol–water partition coefficient (Wildman–Crippen LogP) is 1.67. The minimum Gasteiger partial charge on any atom is -0.373 e. The van der Waals surface area contributed by atoms with Crippen molar-refractivity contribution in [2.24, 2.45) is 5.92 Å². The molecule has 1 aliphatic heterocycles. The molecule has 1 aliphatic rings. The molecule has 0 bridgehead atoms. The highest BCUT2D eigenvalue weighted by molar-refractivity contribution is 7.88. The minimum absolute atomic E-state index is 0.297. The Kier molecular flexibility index (Phi) is 4.86. The lowest BCUT2D eigenvalue weighted by atomic mass is 9.98. The summed E-state index contributed by atoms with van der Waals surface area (Å²) in [5.74, 6) is 0.297. The molecule has 1 heterocycles. The number of para-hydroxylation sites is 1. The zero-order valence-corrected chi connectivity index (χ0v) is 13.3. The highest BCUT2D eigenvalue weighted by Gasteiger charge is 2.26. The summed E-state index contributed by atoms with van der Waals surface area (Å²) >= 11 is 0. The van der Waals surface area contributed by atoms with Gasteiger partial charge in [-0.05, 0) is 30.9 Å². The molecule has 2 rings (SSSR count). The van der Waals surface area contributed by atoms with E-state index < -0.39 is 10.0 Å². The average Bonchev–Trinajstić information content (AvgIpc) is 2.46. The summed E-state index contributed by atoms with van der Waals surface area (Å²) < 4.78 is 24.9. The summed E-state index contributed by atoms with van der Waals surface area (Å²) in [6.45, 7) is 1.94. The fourth-order valence-electron chi connectivity index (χ4n) is 2.86. The molecule has 0 aromatic heterocycles. The van der Waals surface area contributed by atoms with Crippen LogP contribution < -0.4 is 4.90 Å². The normalized spacial score (nSPS) is 20.0. The Labute approximate surface area is 126 Å². The predicted molar refractivity (Wildman–Crippen MR) is 83.6 cm³/mol. The monoisotopic (exact) mass is 307 g/mol. The zero-order valence-electron chi connectivity index (χ0n) is 12.5. The summed E-state index contributed by atoms with van der Waals surface area (Å²) in [6, 6.07) is 9.69. The molecule has 0 amide bonds. The Morgan fingerprint density at radius 2 is 2.14 bits per heavy atom. The maximum atomic E-state index is 11.7. The van der Waals surface area contributed by atoms with Crippen molar-refractivity contribution in [3.63, 3.8) is 0 Å².